The van der Waals surface area contributed by atoms with Gasteiger partial charge in [0.2, 0.25) is 0 Å². The Bertz CT molecular complexity index is 1380. The van der Waals surface area contributed by atoms with E-state index in [1.807, 2.05) is 74.5 Å². The van der Waals surface area contributed by atoms with E-state index in [0.717, 1.165) is 37.1 Å². The van der Waals surface area contributed by atoms with Crippen molar-refractivity contribution in [2.75, 3.05) is 0 Å². The van der Waals surface area contributed by atoms with Crippen LogP contribution in [0.3, 0.4) is 0 Å². The smallest absolute Gasteiger partial charge is 0.272 e. The number of aryl methyl sites for hydroxylation is 2. The lowest BCUT2D eigenvalue weighted by Gasteiger charge is -2.11. The minimum atomic E-state index is -0.382. The maximum absolute atomic E-state index is 12.6. The first-order valence-electron chi connectivity index (χ1n) is 10.8. The van der Waals surface area contributed by atoms with E-state index >= 15 is 0 Å². The summed E-state index contributed by atoms with van der Waals surface area (Å²) >= 11 is 13.4. The van der Waals surface area contributed by atoms with Crippen LogP contribution in [0.2, 0.25) is 5.02 Å². The number of ether oxygens (including phenoxy) is 1. The average molecular weight is 616 g/mol. The molecule has 0 fully saturated rings. The van der Waals surface area contributed by atoms with Crippen molar-refractivity contribution in [3.8, 4) is 11.4 Å². The number of benzene rings is 3. The number of carbonyl (C=O) groups excluding carboxylic acids is 1. The van der Waals surface area contributed by atoms with E-state index in [4.69, 9.17) is 16.3 Å². The number of nitrogens with zero attached hydrogens (tertiary/aromatic N) is 2. The van der Waals surface area contributed by atoms with Crippen molar-refractivity contribution in [3.05, 3.63) is 115 Å². The maximum Gasteiger partial charge on any atom is 0.272 e. The highest BCUT2D eigenvalue weighted by Crippen LogP contribution is 2.27. The van der Waals surface area contributed by atoms with Gasteiger partial charge in [-0.15, -0.1) is 0 Å². The SMILES string of the molecule is Cc1ccc(C)n1-c1ccc(C(=O)N/N=C/c2ccc(OCc3ccc(Br)cc3)c(Br)c2)c(Cl)c1. The molecule has 0 saturated heterocycles. The van der Waals surface area contributed by atoms with Gasteiger partial charge in [0.15, 0.2) is 0 Å². The quantitative estimate of drug-likeness (QED) is 0.172. The monoisotopic (exact) mass is 613 g/mol. The number of hydrogen-bond donors (Lipinski definition) is 1. The molecule has 1 aromatic heterocycles. The fourth-order valence-electron chi connectivity index (χ4n) is 3.58. The van der Waals surface area contributed by atoms with Gasteiger partial charge in [-0.05, 0) is 102 Å². The van der Waals surface area contributed by atoms with Gasteiger partial charge in [0, 0.05) is 21.5 Å². The third-order valence-corrected chi connectivity index (χ3v) is 6.83. The molecule has 1 N–H and O–H groups in total. The van der Waals surface area contributed by atoms with Gasteiger partial charge in [-0.2, -0.15) is 5.10 Å². The van der Waals surface area contributed by atoms with Crippen molar-refractivity contribution in [1.29, 1.82) is 0 Å². The van der Waals surface area contributed by atoms with Crippen LogP contribution in [0.15, 0.2) is 86.8 Å². The number of amides is 1. The number of rotatable bonds is 7. The molecule has 35 heavy (non-hydrogen) atoms. The molecule has 0 unspecified atom stereocenters. The minimum Gasteiger partial charge on any atom is -0.488 e. The third-order valence-electron chi connectivity index (χ3n) is 5.37. The maximum atomic E-state index is 12.6. The van der Waals surface area contributed by atoms with Crippen molar-refractivity contribution in [2.45, 2.75) is 20.5 Å². The van der Waals surface area contributed by atoms with Crippen molar-refractivity contribution in [2.24, 2.45) is 5.10 Å². The zero-order valence-electron chi connectivity index (χ0n) is 19.1. The van der Waals surface area contributed by atoms with Gasteiger partial charge >= 0.3 is 0 Å². The lowest BCUT2D eigenvalue weighted by Crippen LogP contribution is -2.18. The van der Waals surface area contributed by atoms with Gasteiger partial charge in [0.1, 0.15) is 12.4 Å². The van der Waals surface area contributed by atoms with Crippen LogP contribution in [-0.4, -0.2) is 16.7 Å². The van der Waals surface area contributed by atoms with Crippen LogP contribution in [0, 0.1) is 13.8 Å². The Hall–Kier alpha value is -2.87. The second-order valence-electron chi connectivity index (χ2n) is 7.92. The van der Waals surface area contributed by atoms with Gasteiger partial charge in [0.25, 0.3) is 5.91 Å². The van der Waals surface area contributed by atoms with E-state index in [1.165, 1.54) is 0 Å². The van der Waals surface area contributed by atoms with Crippen molar-refractivity contribution < 1.29 is 9.53 Å². The molecule has 0 saturated carbocycles. The van der Waals surface area contributed by atoms with E-state index in [9.17, 15) is 4.79 Å². The summed E-state index contributed by atoms with van der Waals surface area (Å²) in [6.45, 7) is 4.50. The minimum absolute atomic E-state index is 0.355. The van der Waals surface area contributed by atoms with Crippen molar-refractivity contribution in [1.82, 2.24) is 9.99 Å². The molecule has 0 aliphatic rings. The summed E-state index contributed by atoms with van der Waals surface area (Å²) in [5.74, 6) is 0.335. The molecule has 8 heteroatoms. The second kappa shape index (κ2) is 11.2. The number of hydrogen-bond acceptors (Lipinski definition) is 3. The molecule has 178 valence electrons. The Balaban J connectivity index is 1.37. The molecule has 3 aromatic carbocycles. The summed E-state index contributed by atoms with van der Waals surface area (Å²) in [6, 6.07) is 23.0. The Labute approximate surface area is 226 Å². The van der Waals surface area contributed by atoms with Gasteiger partial charge in [-0.3, -0.25) is 4.79 Å². The van der Waals surface area contributed by atoms with E-state index in [0.29, 0.717) is 22.9 Å². The number of aromatic nitrogens is 1. The molecule has 4 aromatic rings. The number of carbonyl (C=O) groups is 1. The molecular formula is C27H22Br2ClN3O2. The normalized spacial score (nSPS) is 11.1. The summed E-state index contributed by atoms with van der Waals surface area (Å²) in [7, 11) is 0. The molecule has 0 radical (unpaired) electrons. The predicted octanol–water partition coefficient (Wildman–Crippen LogP) is 7.62. The van der Waals surface area contributed by atoms with Gasteiger partial charge in [-0.25, -0.2) is 5.43 Å². The van der Waals surface area contributed by atoms with E-state index in [1.54, 1.807) is 18.3 Å². The molecule has 1 amide bonds. The van der Waals surface area contributed by atoms with Crippen LogP contribution in [0.4, 0.5) is 0 Å². The first-order chi connectivity index (χ1) is 16.8. The molecule has 0 spiro atoms. The number of halogens is 3. The summed E-state index contributed by atoms with van der Waals surface area (Å²) in [5.41, 5.74) is 7.85. The Morgan fingerprint density at radius 1 is 1.00 bits per heavy atom. The van der Waals surface area contributed by atoms with Crippen molar-refractivity contribution in [3.63, 3.8) is 0 Å². The van der Waals surface area contributed by atoms with Crippen LogP contribution < -0.4 is 10.2 Å². The molecular weight excluding hydrogens is 594 g/mol. The molecule has 0 bridgehead atoms. The molecule has 1 heterocycles. The Morgan fingerprint density at radius 2 is 1.71 bits per heavy atom. The highest BCUT2D eigenvalue weighted by Gasteiger charge is 2.12. The summed E-state index contributed by atoms with van der Waals surface area (Å²) < 4.78 is 9.79. The molecule has 0 atom stereocenters. The van der Waals surface area contributed by atoms with Crippen LogP contribution in [0.5, 0.6) is 5.75 Å². The van der Waals surface area contributed by atoms with E-state index in [2.05, 4.69) is 47.0 Å². The van der Waals surface area contributed by atoms with Gasteiger partial charge in [0.05, 0.1) is 21.3 Å². The Kier molecular flexibility index (Phi) is 8.11. The number of nitrogens with one attached hydrogen (secondary N) is 1. The largest absolute Gasteiger partial charge is 0.488 e. The molecule has 4 rings (SSSR count). The van der Waals surface area contributed by atoms with E-state index < -0.39 is 0 Å². The lowest BCUT2D eigenvalue weighted by atomic mass is 10.2. The standard InChI is InChI=1S/C27H22Br2ClN3O2/c1-17-3-4-18(2)33(17)22-10-11-23(25(30)14-22)27(34)32-31-15-20-7-12-26(24(29)13-20)35-16-19-5-8-21(28)9-6-19/h3-15H,16H2,1-2H3,(H,32,34)/b31-15+. The zero-order valence-corrected chi connectivity index (χ0v) is 23.0. The average Bonchev–Trinajstić information content (AvgIpc) is 3.17. The fourth-order valence-corrected chi connectivity index (χ4v) is 4.62. The van der Waals surface area contributed by atoms with Crippen LogP contribution in [0.1, 0.15) is 32.9 Å². The van der Waals surface area contributed by atoms with Crippen LogP contribution in [-0.2, 0) is 6.61 Å². The van der Waals surface area contributed by atoms with Gasteiger partial charge in [-0.1, -0.05) is 39.7 Å². The zero-order chi connectivity index (χ0) is 24.9. The number of hydrazone groups is 1. The molecule has 0 aliphatic heterocycles. The third kappa shape index (κ3) is 6.23. The highest BCUT2D eigenvalue weighted by atomic mass is 79.9. The Morgan fingerprint density at radius 3 is 2.37 bits per heavy atom. The molecule has 5 nitrogen and oxygen atoms in total. The van der Waals surface area contributed by atoms with E-state index in [-0.39, 0.29) is 5.91 Å². The first kappa shape index (κ1) is 25.2. The summed E-state index contributed by atoms with van der Waals surface area (Å²) in [6.07, 6.45) is 1.57. The lowest BCUT2D eigenvalue weighted by molar-refractivity contribution is 0.0955. The van der Waals surface area contributed by atoms with Crippen molar-refractivity contribution >= 4 is 55.6 Å². The predicted molar refractivity (Wildman–Crippen MR) is 148 cm³/mol. The molecule has 0 aliphatic carbocycles. The topological polar surface area (TPSA) is 55.6 Å². The highest BCUT2D eigenvalue weighted by molar-refractivity contribution is 9.10. The van der Waals surface area contributed by atoms with Crippen LogP contribution in [0.25, 0.3) is 5.69 Å². The van der Waals surface area contributed by atoms with Crippen LogP contribution >= 0.6 is 43.5 Å². The first-order valence-corrected chi connectivity index (χ1v) is 12.7. The van der Waals surface area contributed by atoms with Gasteiger partial charge < -0.3 is 9.30 Å². The second-order valence-corrected chi connectivity index (χ2v) is 10.1. The summed E-state index contributed by atoms with van der Waals surface area (Å²) in [4.78, 5) is 12.6. The fraction of sp³-hybridized carbons (Fsp3) is 0.111. The summed E-state index contributed by atoms with van der Waals surface area (Å²) in [5, 5.41) is 4.44.